The lowest BCUT2D eigenvalue weighted by Gasteiger charge is -2.06. The lowest BCUT2D eigenvalue weighted by molar-refractivity contribution is 0.740. The third-order valence-electron chi connectivity index (χ3n) is 2.27. The van der Waals surface area contributed by atoms with E-state index in [-0.39, 0.29) is 12.4 Å². The van der Waals surface area contributed by atoms with E-state index in [2.05, 4.69) is 37.6 Å². The van der Waals surface area contributed by atoms with Crippen LogP contribution in [0.15, 0.2) is 41.3 Å². The molecule has 0 atom stereocenters. The highest BCUT2D eigenvalue weighted by Gasteiger charge is 2.00. The third-order valence-corrected chi connectivity index (χ3v) is 2.80. The number of rotatable bonds is 3. The molecule has 1 aromatic carbocycles. The van der Waals surface area contributed by atoms with Crippen molar-refractivity contribution >= 4 is 28.3 Å². The van der Waals surface area contributed by atoms with E-state index >= 15 is 0 Å². The molecule has 0 aliphatic carbocycles. The molecule has 0 unspecified atom stereocenters. The number of nitrogens with zero attached hydrogens (tertiary/aromatic N) is 2. The highest BCUT2D eigenvalue weighted by molar-refractivity contribution is 9.10. The molecule has 2 rings (SSSR count). The number of hydrogen-bond acceptors (Lipinski definition) is 2. The monoisotopic (exact) mass is 301 g/mol. The van der Waals surface area contributed by atoms with Crippen LogP contribution in [0.4, 0.5) is 0 Å². The van der Waals surface area contributed by atoms with Crippen molar-refractivity contribution in [2.24, 2.45) is 5.73 Å². The highest BCUT2D eigenvalue weighted by Crippen LogP contribution is 2.12. The van der Waals surface area contributed by atoms with Crippen molar-refractivity contribution in [2.45, 2.75) is 13.1 Å². The van der Waals surface area contributed by atoms with Gasteiger partial charge in [-0.3, -0.25) is 0 Å². The SMILES string of the molecule is Cl.NCc1cncn1Cc1ccc(Br)cc1. The van der Waals surface area contributed by atoms with Crippen molar-refractivity contribution in [1.82, 2.24) is 9.55 Å². The molecule has 2 N–H and O–H groups in total. The largest absolute Gasteiger partial charge is 0.329 e. The van der Waals surface area contributed by atoms with Gasteiger partial charge < -0.3 is 10.3 Å². The molecular formula is C11H13BrClN3. The number of nitrogens with two attached hydrogens (primary N) is 1. The summed E-state index contributed by atoms with van der Waals surface area (Å²) in [7, 11) is 0. The molecule has 0 amide bonds. The Labute approximate surface area is 109 Å². The quantitative estimate of drug-likeness (QED) is 0.947. The van der Waals surface area contributed by atoms with Gasteiger partial charge in [-0.1, -0.05) is 28.1 Å². The Balaban J connectivity index is 0.00000128. The fraction of sp³-hybridized carbons (Fsp3) is 0.182. The molecule has 0 aliphatic heterocycles. The zero-order valence-corrected chi connectivity index (χ0v) is 11.0. The maximum absolute atomic E-state index is 5.60. The van der Waals surface area contributed by atoms with Crippen molar-refractivity contribution in [3.8, 4) is 0 Å². The average Bonchev–Trinajstić information content (AvgIpc) is 2.69. The molecule has 5 heteroatoms. The molecule has 16 heavy (non-hydrogen) atoms. The van der Waals surface area contributed by atoms with Crippen molar-refractivity contribution in [2.75, 3.05) is 0 Å². The summed E-state index contributed by atoms with van der Waals surface area (Å²) < 4.78 is 3.15. The van der Waals surface area contributed by atoms with Crippen LogP contribution in [0.25, 0.3) is 0 Å². The van der Waals surface area contributed by atoms with Crippen LogP contribution >= 0.6 is 28.3 Å². The Morgan fingerprint density at radius 1 is 1.25 bits per heavy atom. The minimum absolute atomic E-state index is 0. The van der Waals surface area contributed by atoms with E-state index in [1.807, 2.05) is 18.5 Å². The first-order valence-electron chi connectivity index (χ1n) is 4.73. The number of aromatic nitrogens is 2. The maximum atomic E-state index is 5.60. The average molecular weight is 303 g/mol. The van der Waals surface area contributed by atoms with Crippen LogP contribution in [0.3, 0.4) is 0 Å². The molecule has 0 spiro atoms. The summed E-state index contributed by atoms with van der Waals surface area (Å²) in [6, 6.07) is 8.25. The van der Waals surface area contributed by atoms with E-state index in [4.69, 9.17) is 5.73 Å². The summed E-state index contributed by atoms with van der Waals surface area (Å²) in [6.45, 7) is 1.34. The molecule has 3 nitrogen and oxygen atoms in total. The molecule has 86 valence electrons. The van der Waals surface area contributed by atoms with Crippen molar-refractivity contribution in [3.63, 3.8) is 0 Å². The summed E-state index contributed by atoms with van der Waals surface area (Å²) in [6.07, 6.45) is 3.61. The van der Waals surface area contributed by atoms with Gasteiger partial charge in [0.25, 0.3) is 0 Å². The minimum atomic E-state index is 0. The second kappa shape index (κ2) is 6.03. The maximum Gasteiger partial charge on any atom is 0.0951 e. The van der Waals surface area contributed by atoms with Crippen LogP contribution < -0.4 is 5.73 Å². The van der Waals surface area contributed by atoms with E-state index in [1.165, 1.54) is 5.56 Å². The first kappa shape index (κ1) is 13.2. The molecule has 0 bridgehead atoms. The van der Waals surface area contributed by atoms with Gasteiger partial charge in [0.2, 0.25) is 0 Å². The van der Waals surface area contributed by atoms with Gasteiger partial charge in [0.15, 0.2) is 0 Å². The van der Waals surface area contributed by atoms with Gasteiger partial charge in [-0.2, -0.15) is 0 Å². The van der Waals surface area contributed by atoms with Crippen LogP contribution in [0.5, 0.6) is 0 Å². The Morgan fingerprint density at radius 3 is 2.56 bits per heavy atom. The highest BCUT2D eigenvalue weighted by atomic mass is 79.9. The Bertz CT molecular complexity index is 439. The number of benzene rings is 1. The molecule has 0 aliphatic rings. The second-order valence-corrected chi connectivity index (χ2v) is 4.26. The number of halogens is 2. The smallest absolute Gasteiger partial charge is 0.0951 e. The van der Waals surface area contributed by atoms with Crippen molar-refractivity contribution in [1.29, 1.82) is 0 Å². The van der Waals surface area contributed by atoms with Gasteiger partial charge >= 0.3 is 0 Å². The van der Waals surface area contributed by atoms with Crippen molar-refractivity contribution < 1.29 is 0 Å². The van der Waals surface area contributed by atoms with Crippen LogP contribution in [0, 0.1) is 0 Å². The second-order valence-electron chi connectivity index (χ2n) is 3.34. The molecule has 0 saturated heterocycles. The zero-order valence-electron chi connectivity index (χ0n) is 8.64. The van der Waals surface area contributed by atoms with Crippen molar-refractivity contribution in [3.05, 3.63) is 52.5 Å². The van der Waals surface area contributed by atoms with Crippen LogP contribution in [0.1, 0.15) is 11.3 Å². The van der Waals surface area contributed by atoms with Gasteiger partial charge in [-0.05, 0) is 17.7 Å². The summed E-state index contributed by atoms with van der Waals surface area (Å²) in [5.74, 6) is 0. The summed E-state index contributed by atoms with van der Waals surface area (Å²) in [5.41, 5.74) is 7.90. The van der Waals surface area contributed by atoms with Gasteiger partial charge in [0, 0.05) is 23.8 Å². The third kappa shape index (κ3) is 3.07. The normalized spacial score (nSPS) is 9.88. The molecule has 0 saturated carbocycles. The summed E-state index contributed by atoms with van der Waals surface area (Å²) in [4.78, 5) is 4.08. The lowest BCUT2D eigenvalue weighted by Crippen LogP contribution is -2.07. The molecule has 2 aromatic rings. The Morgan fingerprint density at radius 2 is 1.94 bits per heavy atom. The van der Waals surface area contributed by atoms with Gasteiger partial charge in [-0.25, -0.2) is 4.98 Å². The van der Waals surface area contributed by atoms with Crippen LogP contribution in [-0.2, 0) is 13.1 Å². The first-order chi connectivity index (χ1) is 7.29. The summed E-state index contributed by atoms with van der Waals surface area (Å²) >= 11 is 3.41. The molecule has 0 radical (unpaired) electrons. The van der Waals surface area contributed by atoms with E-state index in [9.17, 15) is 0 Å². The predicted octanol–water partition coefficient (Wildman–Crippen LogP) is 2.57. The van der Waals surface area contributed by atoms with Crippen LogP contribution in [-0.4, -0.2) is 9.55 Å². The molecule has 1 aromatic heterocycles. The van der Waals surface area contributed by atoms with Gasteiger partial charge in [0.1, 0.15) is 0 Å². The van der Waals surface area contributed by atoms with E-state index in [0.717, 1.165) is 16.7 Å². The fourth-order valence-corrected chi connectivity index (χ4v) is 1.71. The van der Waals surface area contributed by atoms with Crippen LogP contribution in [0.2, 0.25) is 0 Å². The Hall–Kier alpha value is -0.840. The minimum Gasteiger partial charge on any atom is -0.329 e. The standard InChI is InChI=1S/C11H12BrN3.ClH/c12-10-3-1-9(2-4-10)7-15-8-14-6-11(15)5-13;/h1-4,6,8H,5,7,13H2;1H. The van der Waals surface area contributed by atoms with Gasteiger partial charge in [-0.15, -0.1) is 12.4 Å². The number of hydrogen-bond donors (Lipinski definition) is 1. The summed E-state index contributed by atoms with van der Waals surface area (Å²) in [5, 5.41) is 0. The van der Waals surface area contributed by atoms with E-state index in [0.29, 0.717) is 6.54 Å². The molecular weight excluding hydrogens is 289 g/mol. The molecule has 0 fully saturated rings. The Kier molecular flexibility index (Phi) is 4.99. The van der Waals surface area contributed by atoms with E-state index in [1.54, 1.807) is 6.20 Å². The zero-order chi connectivity index (χ0) is 10.7. The number of imidazole rings is 1. The topological polar surface area (TPSA) is 43.8 Å². The fourth-order valence-electron chi connectivity index (χ4n) is 1.45. The predicted molar refractivity (Wildman–Crippen MR) is 70.6 cm³/mol. The lowest BCUT2D eigenvalue weighted by atomic mass is 10.2. The first-order valence-corrected chi connectivity index (χ1v) is 5.52. The van der Waals surface area contributed by atoms with Gasteiger partial charge in [0.05, 0.1) is 12.0 Å². The van der Waals surface area contributed by atoms with E-state index < -0.39 is 0 Å². The molecule has 1 heterocycles.